The predicted molar refractivity (Wildman–Crippen MR) is 56.3 cm³/mol. The second-order valence-corrected chi connectivity index (χ2v) is 4.57. The zero-order chi connectivity index (χ0) is 10.8. The maximum absolute atomic E-state index is 12.0. The third-order valence-electron chi connectivity index (χ3n) is 3.32. The molecule has 0 aromatic rings. The van der Waals surface area contributed by atoms with Crippen LogP contribution in [0.25, 0.3) is 0 Å². The third-order valence-corrected chi connectivity index (χ3v) is 3.32. The molecule has 3 heteroatoms. The molecule has 14 heavy (non-hydrogen) atoms. The van der Waals surface area contributed by atoms with Crippen molar-refractivity contribution in [3.05, 3.63) is 0 Å². The molecule has 3 nitrogen and oxygen atoms in total. The van der Waals surface area contributed by atoms with Crippen LogP contribution in [-0.2, 0) is 9.53 Å². The number of Topliss-reactive ketones (excluding diaryl/α,β-unsaturated/α-hetero) is 1. The molecule has 0 amide bonds. The van der Waals surface area contributed by atoms with E-state index in [1.807, 2.05) is 20.9 Å². The van der Waals surface area contributed by atoms with Crippen LogP contribution in [0.1, 0.15) is 33.1 Å². The van der Waals surface area contributed by atoms with Crippen molar-refractivity contribution in [2.45, 2.75) is 44.8 Å². The summed E-state index contributed by atoms with van der Waals surface area (Å²) < 4.78 is 5.21. The van der Waals surface area contributed by atoms with Crippen LogP contribution in [0.5, 0.6) is 0 Å². The lowest BCUT2D eigenvalue weighted by molar-refractivity contribution is -0.141. The number of ketones is 1. The normalized spacial score (nSPS) is 28.0. The number of ether oxygens (including phenoxy) is 1. The predicted octanol–water partition coefficient (Wildman–Crippen LogP) is 1.37. The van der Waals surface area contributed by atoms with Crippen LogP contribution in [0.2, 0.25) is 0 Å². The van der Waals surface area contributed by atoms with Gasteiger partial charge in [-0.3, -0.25) is 4.79 Å². The summed E-state index contributed by atoms with van der Waals surface area (Å²) in [5.41, 5.74) is -0.618. The van der Waals surface area contributed by atoms with Crippen molar-refractivity contribution in [1.82, 2.24) is 5.32 Å². The molecule has 0 radical (unpaired) electrons. The van der Waals surface area contributed by atoms with Gasteiger partial charge in [0.1, 0.15) is 5.60 Å². The summed E-state index contributed by atoms with van der Waals surface area (Å²) in [5.74, 6) is 0.431. The Balaban J connectivity index is 2.55. The second-order valence-electron chi connectivity index (χ2n) is 4.57. The molecule has 0 heterocycles. The van der Waals surface area contributed by atoms with Crippen molar-refractivity contribution in [3.8, 4) is 0 Å². The maximum Gasteiger partial charge on any atom is 0.167 e. The van der Waals surface area contributed by atoms with Crippen LogP contribution in [0.4, 0.5) is 0 Å². The highest BCUT2D eigenvalue weighted by Crippen LogP contribution is 2.30. The molecule has 1 aliphatic carbocycles. The Bertz CT molecular complexity index is 213. The number of carbonyl (C=O) groups is 1. The minimum absolute atomic E-state index is 0.183. The van der Waals surface area contributed by atoms with Crippen molar-refractivity contribution in [1.29, 1.82) is 0 Å². The first kappa shape index (κ1) is 11.7. The van der Waals surface area contributed by atoms with Gasteiger partial charge in [0.2, 0.25) is 0 Å². The molecule has 0 aromatic heterocycles. The quantitative estimate of drug-likeness (QED) is 0.743. The topological polar surface area (TPSA) is 38.3 Å². The number of carbonyl (C=O) groups excluding carboxylic acids is 1. The Kier molecular flexibility index (Phi) is 3.67. The first-order chi connectivity index (χ1) is 6.51. The van der Waals surface area contributed by atoms with Gasteiger partial charge in [-0.2, -0.15) is 0 Å². The molecule has 0 aromatic carbocycles. The van der Waals surface area contributed by atoms with E-state index in [1.165, 1.54) is 0 Å². The maximum atomic E-state index is 12.0. The number of rotatable bonds is 4. The van der Waals surface area contributed by atoms with Gasteiger partial charge >= 0.3 is 0 Å². The average molecular weight is 199 g/mol. The molecular weight excluding hydrogens is 178 g/mol. The lowest BCUT2D eigenvalue weighted by Crippen LogP contribution is -2.38. The van der Waals surface area contributed by atoms with Crippen molar-refractivity contribution in [3.63, 3.8) is 0 Å². The monoisotopic (exact) mass is 199 g/mol. The van der Waals surface area contributed by atoms with Crippen molar-refractivity contribution >= 4 is 5.78 Å². The summed E-state index contributed by atoms with van der Waals surface area (Å²) in [5, 5.41) is 3.23. The highest BCUT2D eigenvalue weighted by atomic mass is 16.5. The summed E-state index contributed by atoms with van der Waals surface area (Å²) in [6.45, 7) is 3.70. The molecule has 1 N–H and O–H groups in total. The Hall–Kier alpha value is -0.410. The first-order valence-corrected chi connectivity index (χ1v) is 5.28. The smallest absolute Gasteiger partial charge is 0.167 e. The molecule has 0 unspecified atom stereocenters. The Labute approximate surface area is 86.2 Å². The van der Waals surface area contributed by atoms with Crippen LogP contribution < -0.4 is 5.32 Å². The van der Waals surface area contributed by atoms with Gasteiger partial charge in [0.25, 0.3) is 0 Å². The second kappa shape index (κ2) is 4.41. The van der Waals surface area contributed by atoms with Gasteiger partial charge in [0.05, 0.1) is 0 Å². The van der Waals surface area contributed by atoms with Crippen molar-refractivity contribution in [2.24, 2.45) is 5.92 Å². The largest absolute Gasteiger partial charge is 0.371 e. The zero-order valence-corrected chi connectivity index (χ0v) is 9.59. The average Bonchev–Trinajstić information content (AvgIpc) is 2.64. The van der Waals surface area contributed by atoms with Crippen LogP contribution in [0.3, 0.4) is 0 Å². The fourth-order valence-corrected chi connectivity index (χ4v) is 2.07. The molecule has 1 aliphatic rings. The van der Waals surface area contributed by atoms with Gasteiger partial charge in [-0.05, 0) is 40.2 Å². The van der Waals surface area contributed by atoms with E-state index in [2.05, 4.69) is 5.32 Å². The summed E-state index contributed by atoms with van der Waals surface area (Å²) in [4.78, 5) is 12.0. The molecule has 1 rings (SSSR count). The minimum atomic E-state index is -0.618. The van der Waals surface area contributed by atoms with Crippen LogP contribution >= 0.6 is 0 Å². The highest BCUT2D eigenvalue weighted by Gasteiger charge is 2.37. The number of methoxy groups -OCH3 is 1. The van der Waals surface area contributed by atoms with E-state index in [1.54, 1.807) is 7.11 Å². The summed E-state index contributed by atoms with van der Waals surface area (Å²) >= 11 is 0. The van der Waals surface area contributed by atoms with Crippen LogP contribution in [-0.4, -0.2) is 31.6 Å². The van der Waals surface area contributed by atoms with Crippen molar-refractivity contribution in [2.75, 3.05) is 14.2 Å². The Morgan fingerprint density at radius 2 is 2.07 bits per heavy atom. The lowest BCUT2D eigenvalue weighted by Gasteiger charge is -2.24. The van der Waals surface area contributed by atoms with Gasteiger partial charge in [0, 0.05) is 19.1 Å². The standard InChI is InChI=1S/C11H21NO2/c1-11(2,14-4)10(13)8-5-6-9(7-8)12-3/h8-9,12H,5-7H2,1-4H3/t8-,9-/m0/s1. The first-order valence-electron chi connectivity index (χ1n) is 5.28. The van der Waals surface area contributed by atoms with E-state index < -0.39 is 5.60 Å². The lowest BCUT2D eigenvalue weighted by atomic mass is 9.90. The van der Waals surface area contributed by atoms with Gasteiger partial charge in [-0.25, -0.2) is 0 Å². The molecule has 0 aliphatic heterocycles. The molecule has 0 spiro atoms. The number of nitrogens with one attached hydrogen (secondary N) is 1. The number of hydrogen-bond acceptors (Lipinski definition) is 3. The van der Waals surface area contributed by atoms with Crippen molar-refractivity contribution < 1.29 is 9.53 Å². The fourth-order valence-electron chi connectivity index (χ4n) is 2.07. The summed E-state index contributed by atoms with van der Waals surface area (Å²) in [6.07, 6.45) is 3.06. The van der Waals surface area contributed by atoms with Gasteiger partial charge < -0.3 is 10.1 Å². The van der Waals surface area contributed by atoms with Crippen LogP contribution in [0.15, 0.2) is 0 Å². The summed E-state index contributed by atoms with van der Waals surface area (Å²) in [7, 11) is 3.56. The SMILES string of the molecule is CN[C@H]1CC[C@H](C(=O)C(C)(C)OC)C1. The Morgan fingerprint density at radius 3 is 2.50 bits per heavy atom. The molecule has 1 fully saturated rings. The molecule has 2 atom stereocenters. The molecule has 0 saturated heterocycles. The van der Waals surface area contributed by atoms with Gasteiger partial charge in [-0.15, -0.1) is 0 Å². The number of hydrogen-bond donors (Lipinski definition) is 1. The van der Waals surface area contributed by atoms with E-state index in [-0.39, 0.29) is 11.7 Å². The third kappa shape index (κ3) is 2.34. The van der Waals surface area contributed by atoms with Gasteiger partial charge in [0.15, 0.2) is 5.78 Å². The van der Waals surface area contributed by atoms with E-state index >= 15 is 0 Å². The van der Waals surface area contributed by atoms with E-state index in [4.69, 9.17) is 4.74 Å². The highest BCUT2D eigenvalue weighted by molar-refractivity contribution is 5.88. The molecule has 0 bridgehead atoms. The van der Waals surface area contributed by atoms with E-state index in [0.29, 0.717) is 6.04 Å². The van der Waals surface area contributed by atoms with Crippen LogP contribution in [0, 0.1) is 5.92 Å². The van der Waals surface area contributed by atoms with E-state index in [0.717, 1.165) is 19.3 Å². The van der Waals surface area contributed by atoms with E-state index in [9.17, 15) is 4.79 Å². The van der Waals surface area contributed by atoms with Gasteiger partial charge in [-0.1, -0.05) is 0 Å². The zero-order valence-electron chi connectivity index (χ0n) is 9.59. The minimum Gasteiger partial charge on any atom is -0.371 e. The molecule has 82 valence electrons. The molecular formula is C11H21NO2. The summed E-state index contributed by atoms with van der Waals surface area (Å²) in [6, 6.07) is 0.511. The molecule has 1 saturated carbocycles. The Morgan fingerprint density at radius 1 is 1.43 bits per heavy atom. The fraction of sp³-hybridized carbons (Fsp3) is 0.909.